The molecule has 0 aliphatic rings. The highest BCUT2D eigenvalue weighted by molar-refractivity contribution is 9.10. The Balaban J connectivity index is 2.42. The molecule has 0 saturated carbocycles. The van der Waals surface area contributed by atoms with E-state index < -0.39 is 0 Å². The molecule has 0 amide bonds. The van der Waals surface area contributed by atoms with Gasteiger partial charge in [0.15, 0.2) is 0 Å². The average Bonchev–Trinajstić information content (AvgIpc) is 2.31. The molecule has 1 aromatic rings. The molecule has 0 fully saturated rings. The van der Waals surface area contributed by atoms with Crippen LogP contribution in [0.2, 0.25) is 0 Å². The van der Waals surface area contributed by atoms with Gasteiger partial charge in [-0.25, -0.2) is 0 Å². The molecule has 1 heterocycles. The molecule has 0 aliphatic carbocycles. The van der Waals surface area contributed by atoms with Crippen LogP contribution in [0.1, 0.15) is 5.56 Å². The van der Waals surface area contributed by atoms with Crippen molar-refractivity contribution in [3.05, 3.63) is 22.4 Å². The van der Waals surface area contributed by atoms with E-state index in [-0.39, 0.29) is 0 Å². The number of aromatic amines is 1. The summed E-state index contributed by atoms with van der Waals surface area (Å²) in [5.74, 6) is 0. The van der Waals surface area contributed by atoms with Crippen molar-refractivity contribution in [2.24, 2.45) is 0 Å². The molecule has 0 radical (unpaired) electrons. The van der Waals surface area contributed by atoms with Crippen molar-refractivity contribution >= 4 is 15.9 Å². The first-order chi connectivity index (χ1) is 4.83. The van der Waals surface area contributed by atoms with Crippen molar-refractivity contribution in [1.29, 1.82) is 0 Å². The molecule has 10 heavy (non-hydrogen) atoms. The molecule has 1 rings (SSSR count). The molecule has 0 bridgehead atoms. The van der Waals surface area contributed by atoms with Crippen molar-refractivity contribution in [2.45, 2.75) is 6.42 Å². The highest BCUT2D eigenvalue weighted by Gasteiger charge is 1.93. The number of aromatic nitrogens is 1. The van der Waals surface area contributed by atoms with Gasteiger partial charge in [-0.1, -0.05) is 0 Å². The maximum atomic E-state index is 3.35. The van der Waals surface area contributed by atoms with Crippen molar-refractivity contribution in [1.82, 2.24) is 10.3 Å². The van der Waals surface area contributed by atoms with E-state index in [2.05, 4.69) is 32.3 Å². The van der Waals surface area contributed by atoms with Crippen LogP contribution in [-0.2, 0) is 6.42 Å². The van der Waals surface area contributed by atoms with Gasteiger partial charge in [0.25, 0.3) is 0 Å². The second kappa shape index (κ2) is 3.78. The summed E-state index contributed by atoms with van der Waals surface area (Å²) in [6.45, 7) is 1.03. The fourth-order valence-corrected chi connectivity index (χ4v) is 1.23. The van der Waals surface area contributed by atoms with Gasteiger partial charge in [-0.2, -0.15) is 0 Å². The lowest BCUT2D eigenvalue weighted by Crippen LogP contribution is -2.09. The van der Waals surface area contributed by atoms with Gasteiger partial charge in [0, 0.05) is 6.20 Å². The van der Waals surface area contributed by atoms with Crippen LogP contribution in [0.5, 0.6) is 0 Å². The molecule has 2 N–H and O–H groups in total. The Labute approximate surface area is 69.2 Å². The zero-order chi connectivity index (χ0) is 7.40. The highest BCUT2D eigenvalue weighted by atomic mass is 79.9. The molecule has 0 unspecified atom stereocenters. The minimum atomic E-state index is 1.03. The maximum absolute atomic E-state index is 3.35. The van der Waals surface area contributed by atoms with Gasteiger partial charge in [-0.3, -0.25) is 0 Å². The molecule has 0 atom stereocenters. The van der Waals surface area contributed by atoms with E-state index >= 15 is 0 Å². The number of H-pyrrole nitrogens is 1. The third-order valence-electron chi connectivity index (χ3n) is 1.37. The number of likely N-dealkylation sites (N-methyl/N-ethyl adjacent to an activating group) is 1. The Hall–Kier alpha value is -0.280. The number of halogens is 1. The van der Waals surface area contributed by atoms with Crippen LogP contribution in [0.3, 0.4) is 0 Å². The summed E-state index contributed by atoms with van der Waals surface area (Å²) in [4.78, 5) is 3.07. The smallest absolute Gasteiger partial charge is 0.0822 e. The van der Waals surface area contributed by atoms with E-state index in [1.807, 2.05) is 13.2 Å². The molecular formula is C7H11BrN2. The number of hydrogen-bond donors (Lipinski definition) is 2. The molecule has 1 aromatic heterocycles. The molecule has 0 spiro atoms. The zero-order valence-corrected chi connectivity index (χ0v) is 7.53. The molecular weight excluding hydrogens is 192 g/mol. The summed E-state index contributed by atoms with van der Waals surface area (Å²) >= 11 is 3.35. The van der Waals surface area contributed by atoms with Gasteiger partial charge < -0.3 is 10.3 Å². The zero-order valence-electron chi connectivity index (χ0n) is 5.95. The van der Waals surface area contributed by atoms with Crippen LogP contribution in [0.4, 0.5) is 0 Å². The van der Waals surface area contributed by atoms with Gasteiger partial charge in [-0.15, -0.1) is 0 Å². The van der Waals surface area contributed by atoms with Gasteiger partial charge in [0.2, 0.25) is 0 Å². The first-order valence-corrected chi connectivity index (χ1v) is 4.09. The van der Waals surface area contributed by atoms with Crippen molar-refractivity contribution in [2.75, 3.05) is 13.6 Å². The van der Waals surface area contributed by atoms with E-state index in [4.69, 9.17) is 0 Å². The number of rotatable bonds is 3. The number of nitrogens with one attached hydrogen (secondary N) is 2. The molecule has 2 nitrogen and oxygen atoms in total. The first-order valence-electron chi connectivity index (χ1n) is 3.30. The summed E-state index contributed by atoms with van der Waals surface area (Å²) < 4.78 is 1.05. The molecule has 0 aliphatic heterocycles. The minimum Gasteiger partial charge on any atom is -0.356 e. The van der Waals surface area contributed by atoms with E-state index in [0.29, 0.717) is 0 Å². The summed E-state index contributed by atoms with van der Waals surface area (Å²) in [7, 11) is 1.96. The van der Waals surface area contributed by atoms with Gasteiger partial charge in [0.05, 0.1) is 4.60 Å². The Morgan fingerprint density at radius 2 is 2.50 bits per heavy atom. The Morgan fingerprint density at radius 1 is 1.70 bits per heavy atom. The quantitative estimate of drug-likeness (QED) is 0.766. The van der Waals surface area contributed by atoms with Crippen LogP contribution in [0.15, 0.2) is 16.9 Å². The van der Waals surface area contributed by atoms with E-state index in [1.165, 1.54) is 5.56 Å². The predicted molar refractivity (Wildman–Crippen MR) is 46.1 cm³/mol. The fourth-order valence-electron chi connectivity index (χ4n) is 0.821. The lowest BCUT2D eigenvalue weighted by molar-refractivity contribution is 0.792. The van der Waals surface area contributed by atoms with Crippen LogP contribution in [0, 0.1) is 0 Å². The Kier molecular flexibility index (Phi) is 2.96. The largest absolute Gasteiger partial charge is 0.356 e. The summed E-state index contributed by atoms with van der Waals surface area (Å²) in [5, 5.41) is 3.10. The third-order valence-corrected chi connectivity index (χ3v) is 1.83. The average molecular weight is 203 g/mol. The van der Waals surface area contributed by atoms with Crippen LogP contribution < -0.4 is 5.32 Å². The summed E-state index contributed by atoms with van der Waals surface area (Å²) in [5.41, 5.74) is 1.33. The van der Waals surface area contributed by atoms with E-state index in [9.17, 15) is 0 Å². The maximum Gasteiger partial charge on any atom is 0.0822 e. The van der Waals surface area contributed by atoms with Crippen LogP contribution in [0.25, 0.3) is 0 Å². The van der Waals surface area contributed by atoms with Gasteiger partial charge in [0.1, 0.15) is 0 Å². The molecule has 3 heteroatoms. The van der Waals surface area contributed by atoms with Crippen molar-refractivity contribution in [3.63, 3.8) is 0 Å². The monoisotopic (exact) mass is 202 g/mol. The van der Waals surface area contributed by atoms with Crippen LogP contribution >= 0.6 is 15.9 Å². The normalized spacial score (nSPS) is 10.2. The van der Waals surface area contributed by atoms with Crippen molar-refractivity contribution in [3.8, 4) is 0 Å². The topological polar surface area (TPSA) is 27.8 Å². The Bertz CT molecular complexity index is 195. The molecule has 56 valence electrons. The standard InChI is InChI=1S/C7H11BrN2/c1-9-3-2-6-4-7(8)10-5-6/h4-5,9-10H,2-3H2,1H3. The second-order valence-corrected chi connectivity index (χ2v) is 3.06. The third kappa shape index (κ3) is 2.15. The summed E-state index contributed by atoms with van der Waals surface area (Å²) in [6, 6.07) is 2.09. The summed E-state index contributed by atoms with van der Waals surface area (Å²) in [6.07, 6.45) is 3.10. The lowest BCUT2D eigenvalue weighted by Gasteiger charge is -1.93. The molecule has 0 aromatic carbocycles. The van der Waals surface area contributed by atoms with E-state index in [0.717, 1.165) is 17.6 Å². The predicted octanol–water partition coefficient (Wildman–Crippen LogP) is 1.54. The number of hydrogen-bond acceptors (Lipinski definition) is 1. The SMILES string of the molecule is CNCCc1c[nH]c(Br)c1. The highest BCUT2D eigenvalue weighted by Crippen LogP contribution is 2.09. The Morgan fingerprint density at radius 3 is 3.00 bits per heavy atom. The lowest BCUT2D eigenvalue weighted by atomic mass is 10.2. The van der Waals surface area contributed by atoms with Gasteiger partial charge in [-0.05, 0) is 47.6 Å². The minimum absolute atomic E-state index is 1.03. The van der Waals surface area contributed by atoms with E-state index in [1.54, 1.807) is 0 Å². The first kappa shape index (κ1) is 7.82. The van der Waals surface area contributed by atoms with Crippen molar-refractivity contribution < 1.29 is 0 Å². The van der Waals surface area contributed by atoms with Gasteiger partial charge >= 0.3 is 0 Å². The second-order valence-electron chi connectivity index (χ2n) is 2.21. The molecule has 0 saturated heterocycles. The fraction of sp³-hybridized carbons (Fsp3) is 0.429. The van der Waals surface area contributed by atoms with Crippen LogP contribution in [-0.4, -0.2) is 18.6 Å².